The maximum absolute atomic E-state index is 12.2. The fourth-order valence-electron chi connectivity index (χ4n) is 2.55. The van der Waals surface area contributed by atoms with E-state index in [1.54, 1.807) is 25.1 Å². The number of carbonyl (C=O) groups is 3. The molecular formula is C18H14ClNO5. The second-order valence-electron chi connectivity index (χ2n) is 5.67. The maximum atomic E-state index is 12.2. The van der Waals surface area contributed by atoms with Gasteiger partial charge in [0.1, 0.15) is 11.3 Å². The summed E-state index contributed by atoms with van der Waals surface area (Å²) < 4.78 is 4.96. The molecule has 0 saturated carbocycles. The molecule has 3 rings (SSSR count). The standard InChI is InChI=1S/C18H14ClNO5/c1-9-12-6-10(2-4-14(12)20-17(9)23)16(22)8-25-18(24)13-7-11(19)3-5-15(13)21/h2-7,9,21H,8H2,1H3,(H,20,23)/t9-/m1/s1. The fraction of sp³-hybridized carbons (Fsp3) is 0.167. The van der Waals surface area contributed by atoms with Gasteiger partial charge >= 0.3 is 5.97 Å². The quantitative estimate of drug-likeness (QED) is 0.646. The number of carbonyl (C=O) groups excluding carboxylic acids is 3. The molecule has 7 heteroatoms. The van der Waals surface area contributed by atoms with Crippen molar-refractivity contribution >= 4 is 34.9 Å². The number of phenolic OH excluding ortho intramolecular Hbond substituents is 1. The summed E-state index contributed by atoms with van der Waals surface area (Å²) in [5.74, 6) is -2.00. The highest BCUT2D eigenvalue weighted by atomic mass is 35.5. The summed E-state index contributed by atoms with van der Waals surface area (Å²) in [5.41, 5.74) is 1.63. The zero-order valence-corrected chi connectivity index (χ0v) is 14.0. The molecule has 25 heavy (non-hydrogen) atoms. The summed E-state index contributed by atoms with van der Waals surface area (Å²) in [6, 6.07) is 8.79. The molecule has 2 aromatic carbocycles. The Kier molecular flexibility index (Phi) is 4.46. The van der Waals surface area contributed by atoms with Gasteiger partial charge in [-0.2, -0.15) is 0 Å². The fourth-order valence-corrected chi connectivity index (χ4v) is 2.73. The molecule has 1 aliphatic rings. The van der Waals surface area contributed by atoms with Crippen molar-refractivity contribution in [3.05, 3.63) is 58.1 Å². The first-order valence-electron chi connectivity index (χ1n) is 7.50. The number of halogens is 1. The van der Waals surface area contributed by atoms with Crippen LogP contribution in [0.1, 0.15) is 39.1 Å². The minimum atomic E-state index is -0.847. The zero-order valence-electron chi connectivity index (χ0n) is 13.2. The number of hydrogen-bond acceptors (Lipinski definition) is 5. The van der Waals surface area contributed by atoms with Crippen molar-refractivity contribution in [1.82, 2.24) is 0 Å². The number of hydrogen-bond donors (Lipinski definition) is 2. The van der Waals surface area contributed by atoms with Crippen LogP contribution in [0.2, 0.25) is 5.02 Å². The Hall–Kier alpha value is -2.86. The highest BCUT2D eigenvalue weighted by molar-refractivity contribution is 6.31. The predicted octanol–water partition coefficient (Wildman–Crippen LogP) is 3.14. The van der Waals surface area contributed by atoms with Crippen LogP contribution in [0.3, 0.4) is 0 Å². The lowest BCUT2D eigenvalue weighted by Crippen LogP contribution is -2.14. The molecule has 0 radical (unpaired) electrons. The van der Waals surface area contributed by atoms with Crippen LogP contribution in [0.4, 0.5) is 5.69 Å². The molecule has 0 aliphatic carbocycles. The largest absolute Gasteiger partial charge is 0.507 e. The number of benzene rings is 2. The van der Waals surface area contributed by atoms with E-state index in [2.05, 4.69) is 5.32 Å². The predicted molar refractivity (Wildman–Crippen MR) is 91.2 cm³/mol. The molecule has 1 amide bonds. The molecule has 2 aromatic rings. The first-order valence-corrected chi connectivity index (χ1v) is 7.88. The van der Waals surface area contributed by atoms with Crippen molar-refractivity contribution < 1.29 is 24.2 Å². The molecule has 0 aromatic heterocycles. The Balaban J connectivity index is 1.70. The van der Waals surface area contributed by atoms with Gasteiger partial charge in [-0.25, -0.2) is 4.79 Å². The number of ketones is 1. The molecule has 1 heterocycles. The minimum absolute atomic E-state index is 0.113. The Morgan fingerprint density at radius 3 is 2.76 bits per heavy atom. The zero-order chi connectivity index (χ0) is 18.1. The number of esters is 1. The van der Waals surface area contributed by atoms with E-state index >= 15 is 0 Å². The first-order chi connectivity index (χ1) is 11.9. The molecule has 2 N–H and O–H groups in total. The number of aromatic hydroxyl groups is 1. The summed E-state index contributed by atoms with van der Waals surface area (Å²) in [4.78, 5) is 35.9. The second-order valence-corrected chi connectivity index (χ2v) is 6.11. The smallest absolute Gasteiger partial charge is 0.342 e. The van der Waals surface area contributed by atoms with Crippen molar-refractivity contribution in [3.63, 3.8) is 0 Å². The van der Waals surface area contributed by atoms with Gasteiger partial charge in [-0.05, 0) is 48.9 Å². The molecule has 0 fully saturated rings. The average Bonchev–Trinajstić information content (AvgIpc) is 2.88. The van der Waals surface area contributed by atoms with Gasteiger partial charge in [-0.3, -0.25) is 9.59 Å². The SMILES string of the molecule is C[C@H]1C(=O)Nc2ccc(C(=O)COC(=O)c3cc(Cl)ccc3O)cc21. The number of ether oxygens (including phenoxy) is 1. The number of fused-ring (bicyclic) bond motifs is 1. The van der Waals surface area contributed by atoms with Crippen LogP contribution in [0, 0.1) is 0 Å². The van der Waals surface area contributed by atoms with Crippen molar-refractivity contribution in [2.45, 2.75) is 12.8 Å². The number of phenols is 1. The molecule has 1 aliphatic heterocycles. The molecule has 6 nitrogen and oxygen atoms in total. The van der Waals surface area contributed by atoms with Gasteiger partial charge in [0.25, 0.3) is 0 Å². The van der Waals surface area contributed by atoms with E-state index < -0.39 is 18.4 Å². The number of rotatable bonds is 4. The number of Topliss-reactive ketones (excluding diaryl/α,β-unsaturated/α-hetero) is 1. The molecule has 0 unspecified atom stereocenters. The van der Waals surface area contributed by atoms with Crippen LogP contribution >= 0.6 is 11.6 Å². The van der Waals surface area contributed by atoms with E-state index in [9.17, 15) is 19.5 Å². The number of nitrogens with one attached hydrogen (secondary N) is 1. The van der Waals surface area contributed by atoms with E-state index in [-0.39, 0.29) is 28.2 Å². The summed E-state index contributed by atoms with van der Waals surface area (Å²) in [6.45, 7) is 1.26. The van der Waals surface area contributed by atoms with Crippen molar-refractivity contribution in [2.75, 3.05) is 11.9 Å². The average molecular weight is 360 g/mol. The van der Waals surface area contributed by atoms with Crippen LogP contribution in [0.15, 0.2) is 36.4 Å². The van der Waals surface area contributed by atoms with Gasteiger partial charge in [-0.1, -0.05) is 11.6 Å². The van der Waals surface area contributed by atoms with Gasteiger partial charge in [0.05, 0.1) is 5.92 Å². The van der Waals surface area contributed by atoms with Gasteiger partial charge in [0.2, 0.25) is 5.91 Å². The lowest BCUT2D eigenvalue weighted by Gasteiger charge is -2.08. The van der Waals surface area contributed by atoms with Crippen LogP contribution in [-0.4, -0.2) is 29.4 Å². The van der Waals surface area contributed by atoms with Crippen molar-refractivity contribution in [1.29, 1.82) is 0 Å². The highest BCUT2D eigenvalue weighted by Gasteiger charge is 2.27. The molecular weight excluding hydrogens is 346 g/mol. The third kappa shape index (κ3) is 3.34. The number of anilines is 1. The van der Waals surface area contributed by atoms with Crippen molar-refractivity contribution in [2.24, 2.45) is 0 Å². The summed E-state index contributed by atoms with van der Waals surface area (Å²) in [6.07, 6.45) is 0. The van der Waals surface area contributed by atoms with Crippen LogP contribution < -0.4 is 5.32 Å². The topological polar surface area (TPSA) is 92.7 Å². The number of amides is 1. The monoisotopic (exact) mass is 359 g/mol. The maximum Gasteiger partial charge on any atom is 0.342 e. The third-order valence-corrected chi connectivity index (χ3v) is 4.24. The van der Waals surface area contributed by atoms with Gasteiger partial charge in [0.15, 0.2) is 12.4 Å². The second kappa shape index (κ2) is 6.57. The van der Waals surface area contributed by atoms with Crippen LogP contribution in [0.25, 0.3) is 0 Å². The van der Waals surface area contributed by atoms with E-state index in [0.717, 1.165) is 5.56 Å². The first kappa shape index (κ1) is 17.0. The van der Waals surface area contributed by atoms with Crippen LogP contribution in [0.5, 0.6) is 5.75 Å². The Morgan fingerprint density at radius 2 is 2.00 bits per heavy atom. The Bertz CT molecular complexity index is 893. The molecule has 0 spiro atoms. The van der Waals surface area contributed by atoms with E-state index in [0.29, 0.717) is 11.3 Å². The van der Waals surface area contributed by atoms with E-state index in [4.69, 9.17) is 16.3 Å². The Labute approximate surface area is 148 Å². The summed E-state index contributed by atoms with van der Waals surface area (Å²) >= 11 is 5.78. The van der Waals surface area contributed by atoms with Gasteiger partial charge in [0, 0.05) is 16.3 Å². The summed E-state index contributed by atoms with van der Waals surface area (Å²) in [7, 11) is 0. The normalized spacial score (nSPS) is 15.4. The minimum Gasteiger partial charge on any atom is -0.507 e. The molecule has 128 valence electrons. The lowest BCUT2D eigenvalue weighted by atomic mass is 9.99. The van der Waals surface area contributed by atoms with Gasteiger partial charge < -0.3 is 15.2 Å². The van der Waals surface area contributed by atoms with Gasteiger partial charge in [-0.15, -0.1) is 0 Å². The highest BCUT2D eigenvalue weighted by Crippen LogP contribution is 2.32. The third-order valence-electron chi connectivity index (χ3n) is 4.00. The van der Waals surface area contributed by atoms with Crippen LogP contribution in [-0.2, 0) is 9.53 Å². The molecule has 0 bridgehead atoms. The van der Waals surface area contributed by atoms with E-state index in [1.807, 2.05) is 0 Å². The lowest BCUT2D eigenvalue weighted by molar-refractivity contribution is -0.116. The Morgan fingerprint density at radius 1 is 1.24 bits per heavy atom. The van der Waals surface area contributed by atoms with E-state index in [1.165, 1.54) is 18.2 Å². The summed E-state index contributed by atoms with van der Waals surface area (Å²) in [5, 5.41) is 12.6. The van der Waals surface area contributed by atoms with Crippen molar-refractivity contribution in [3.8, 4) is 5.75 Å². The molecule has 0 saturated heterocycles. The molecule has 1 atom stereocenters.